The predicted molar refractivity (Wildman–Crippen MR) is 101 cm³/mol. The Hall–Kier alpha value is -2.69. The third kappa shape index (κ3) is 6.80. The van der Waals surface area contributed by atoms with E-state index >= 15 is 0 Å². The Bertz CT molecular complexity index is 794. The van der Waals surface area contributed by atoms with Crippen molar-refractivity contribution in [1.82, 2.24) is 25.5 Å². The summed E-state index contributed by atoms with van der Waals surface area (Å²) in [5, 5.41) is 6.92. The largest absolute Gasteiger partial charge is 0.434 e. The summed E-state index contributed by atoms with van der Waals surface area (Å²) >= 11 is 0.905. The standard InChI is InChI=1S/C17H21F3N6OS/c1-21-16(23-9-14-25-13(11-28-14)17(18,19)20)24-10-15(27)26(2)8-6-12-5-3-4-7-22-12/h3-5,7,11H,6,8-10H2,1-2H3,(H2,21,23,24). The summed E-state index contributed by atoms with van der Waals surface area (Å²) in [7, 11) is 3.20. The van der Waals surface area contributed by atoms with Crippen LogP contribution in [0.3, 0.4) is 0 Å². The van der Waals surface area contributed by atoms with Crippen LogP contribution in [-0.4, -0.2) is 53.9 Å². The highest BCUT2D eigenvalue weighted by atomic mass is 32.1. The second-order valence-corrected chi connectivity index (χ2v) is 6.73. The monoisotopic (exact) mass is 414 g/mol. The molecule has 0 aliphatic carbocycles. The van der Waals surface area contributed by atoms with Gasteiger partial charge in [0.2, 0.25) is 5.91 Å². The van der Waals surface area contributed by atoms with Gasteiger partial charge in [-0.2, -0.15) is 13.2 Å². The van der Waals surface area contributed by atoms with Gasteiger partial charge in [0.05, 0.1) is 13.1 Å². The number of likely N-dealkylation sites (N-methyl/N-ethyl adjacent to an activating group) is 1. The number of nitrogens with zero attached hydrogens (tertiary/aromatic N) is 4. The van der Waals surface area contributed by atoms with Crippen molar-refractivity contribution >= 4 is 23.2 Å². The molecule has 0 aliphatic rings. The molecule has 0 bridgehead atoms. The maximum atomic E-state index is 12.6. The van der Waals surface area contributed by atoms with Crippen LogP contribution in [0, 0.1) is 0 Å². The highest BCUT2D eigenvalue weighted by Gasteiger charge is 2.33. The second-order valence-electron chi connectivity index (χ2n) is 5.79. The number of nitrogens with one attached hydrogen (secondary N) is 2. The van der Waals surface area contributed by atoms with Gasteiger partial charge in [0, 0.05) is 44.3 Å². The van der Waals surface area contributed by atoms with E-state index in [4.69, 9.17) is 0 Å². The molecule has 0 radical (unpaired) electrons. The van der Waals surface area contributed by atoms with E-state index in [0.717, 1.165) is 22.4 Å². The van der Waals surface area contributed by atoms with E-state index in [0.29, 0.717) is 18.9 Å². The van der Waals surface area contributed by atoms with Crippen molar-refractivity contribution in [3.63, 3.8) is 0 Å². The molecule has 2 aromatic heterocycles. The van der Waals surface area contributed by atoms with Gasteiger partial charge in [-0.25, -0.2) is 4.98 Å². The first-order valence-corrected chi connectivity index (χ1v) is 9.27. The van der Waals surface area contributed by atoms with E-state index in [1.165, 1.54) is 7.05 Å². The van der Waals surface area contributed by atoms with Crippen molar-refractivity contribution in [2.45, 2.75) is 19.1 Å². The van der Waals surface area contributed by atoms with Gasteiger partial charge in [0.1, 0.15) is 5.01 Å². The number of halogens is 3. The van der Waals surface area contributed by atoms with Gasteiger partial charge in [0.15, 0.2) is 11.7 Å². The van der Waals surface area contributed by atoms with E-state index in [1.807, 2.05) is 18.2 Å². The number of carbonyl (C=O) groups is 1. The molecule has 11 heteroatoms. The van der Waals surface area contributed by atoms with Gasteiger partial charge < -0.3 is 15.5 Å². The Morgan fingerprint density at radius 3 is 2.71 bits per heavy atom. The fourth-order valence-electron chi connectivity index (χ4n) is 2.15. The quantitative estimate of drug-likeness (QED) is 0.534. The highest BCUT2D eigenvalue weighted by Crippen LogP contribution is 2.29. The minimum atomic E-state index is -4.46. The molecule has 0 spiro atoms. The Kier molecular flexibility index (Phi) is 7.73. The number of aromatic nitrogens is 2. The molecule has 28 heavy (non-hydrogen) atoms. The minimum Gasteiger partial charge on any atom is -0.350 e. The molecule has 1 amide bonds. The molecule has 0 saturated carbocycles. The SMILES string of the molecule is CN=C(NCC(=O)N(C)CCc1ccccn1)NCc1nc(C(F)(F)F)cs1. The molecule has 152 valence electrons. The molecule has 2 rings (SSSR count). The normalized spacial score (nSPS) is 12.0. The summed E-state index contributed by atoms with van der Waals surface area (Å²) in [6.07, 6.45) is -2.11. The number of hydrogen-bond donors (Lipinski definition) is 2. The van der Waals surface area contributed by atoms with Crippen molar-refractivity contribution in [3.05, 3.63) is 46.2 Å². The maximum Gasteiger partial charge on any atom is 0.434 e. The van der Waals surface area contributed by atoms with Crippen molar-refractivity contribution < 1.29 is 18.0 Å². The summed E-state index contributed by atoms with van der Waals surface area (Å²) in [6, 6.07) is 5.61. The van der Waals surface area contributed by atoms with Crippen molar-refractivity contribution in [3.8, 4) is 0 Å². The number of hydrogen-bond acceptors (Lipinski definition) is 5. The lowest BCUT2D eigenvalue weighted by atomic mass is 10.2. The summed E-state index contributed by atoms with van der Waals surface area (Å²) in [4.78, 5) is 25.5. The van der Waals surface area contributed by atoms with Gasteiger partial charge in [-0.05, 0) is 12.1 Å². The molecule has 0 saturated heterocycles. The molecule has 0 atom stereocenters. The van der Waals surface area contributed by atoms with E-state index in [2.05, 4.69) is 25.6 Å². The fraction of sp³-hybridized carbons (Fsp3) is 0.412. The molecule has 2 N–H and O–H groups in total. The zero-order valence-electron chi connectivity index (χ0n) is 15.5. The van der Waals surface area contributed by atoms with Gasteiger partial charge in [-0.15, -0.1) is 11.3 Å². The van der Waals surface area contributed by atoms with Gasteiger partial charge >= 0.3 is 6.18 Å². The predicted octanol–water partition coefficient (Wildman–Crippen LogP) is 1.92. The number of rotatable bonds is 7. The van der Waals surface area contributed by atoms with Gasteiger partial charge in [-0.1, -0.05) is 6.07 Å². The average Bonchev–Trinajstić information content (AvgIpc) is 3.16. The molecule has 0 fully saturated rings. The Balaban J connectivity index is 1.75. The zero-order chi connectivity index (χ0) is 20.6. The summed E-state index contributed by atoms with van der Waals surface area (Å²) < 4.78 is 37.7. The van der Waals surface area contributed by atoms with Crippen molar-refractivity contribution in [2.75, 3.05) is 27.2 Å². The third-order valence-electron chi connectivity index (χ3n) is 3.74. The molecular formula is C17H21F3N6OS. The Labute approximate surface area is 164 Å². The van der Waals surface area contributed by atoms with Crippen LogP contribution >= 0.6 is 11.3 Å². The third-order valence-corrected chi connectivity index (χ3v) is 4.58. The van der Waals surface area contributed by atoms with E-state index in [-0.39, 0.29) is 24.0 Å². The van der Waals surface area contributed by atoms with Crippen LogP contribution in [0.4, 0.5) is 13.2 Å². The van der Waals surface area contributed by atoms with Crippen LogP contribution in [0.15, 0.2) is 34.8 Å². The van der Waals surface area contributed by atoms with Crippen LogP contribution in [0.5, 0.6) is 0 Å². The molecule has 2 aromatic rings. The molecule has 2 heterocycles. The lowest BCUT2D eigenvalue weighted by Crippen LogP contribution is -2.43. The van der Waals surface area contributed by atoms with E-state index < -0.39 is 11.9 Å². The number of alkyl halides is 3. The zero-order valence-corrected chi connectivity index (χ0v) is 16.3. The van der Waals surface area contributed by atoms with E-state index in [1.54, 1.807) is 18.1 Å². The van der Waals surface area contributed by atoms with Gasteiger partial charge in [-0.3, -0.25) is 14.8 Å². The topological polar surface area (TPSA) is 82.5 Å². The average molecular weight is 414 g/mol. The van der Waals surface area contributed by atoms with Crippen LogP contribution in [-0.2, 0) is 23.9 Å². The lowest BCUT2D eigenvalue weighted by Gasteiger charge is -2.18. The number of pyridine rings is 1. The number of thiazole rings is 1. The molecule has 0 aliphatic heterocycles. The van der Waals surface area contributed by atoms with Crippen LogP contribution in [0.2, 0.25) is 0 Å². The van der Waals surface area contributed by atoms with Crippen LogP contribution < -0.4 is 10.6 Å². The Morgan fingerprint density at radius 2 is 2.11 bits per heavy atom. The van der Waals surface area contributed by atoms with Crippen molar-refractivity contribution in [1.29, 1.82) is 0 Å². The smallest absolute Gasteiger partial charge is 0.350 e. The molecule has 0 unspecified atom stereocenters. The first-order valence-electron chi connectivity index (χ1n) is 8.39. The molecule has 0 aromatic carbocycles. The molecule has 7 nitrogen and oxygen atoms in total. The minimum absolute atomic E-state index is 0.00403. The van der Waals surface area contributed by atoms with Crippen LogP contribution in [0.25, 0.3) is 0 Å². The second kappa shape index (κ2) is 10.0. The Morgan fingerprint density at radius 1 is 1.32 bits per heavy atom. The van der Waals surface area contributed by atoms with Crippen LogP contribution in [0.1, 0.15) is 16.4 Å². The highest BCUT2D eigenvalue weighted by molar-refractivity contribution is 7.09. The number of carbonyl (C=O) groups excluding carboxylic acids is 1. The number of amides is 1. The van der Waals surface area contributed by atoms with Crippen molar-refractivity contribution in [2.24, 2.45) is 4.99 Å². The lowest BCUT2D eigenvalue weighted by molar-refractivity contribution is -0.140. The fourth-order valence-corrected chi connectivity index (χ4v) is 2.89. The first-order chi connectivity index (χ1) is 13.3. The summed E-state index contributed by atoms with van der Waals surface area (Å²) in [6.45, 7) is 0.594. The number of guanidine groups is 1. The van der Waals surface area contributed by atoms with E-state index in [9.17, 15) is 18.0 Å². The molecular weight excluding hydrogens is 393 g/mol. The number of aliphatic imine (C=N–C) groups is 1. The van der Waals surface area contributed by atoms with Gasteiger partial charge in [0.25, 0.3) is 0 Å². The summed E-state index contributed by atoms with van der Waals surface area (Å²) in [5.41, 5.74) is -0.0174. The first kappa shape index (κ1) is 21.6. The summed E-state index contributed by atoms with van der Waals surface area (Å²) in [5.74, 6) is 0.155. The maximum absolute atomic E-state index is 12.6.